The van der Waals surface area contributed by atoms with Crippen LogP contribution in [0.5, 0.6) is 0 Å². The fourth-order valence-corrected chi connectivity index (χ4v) is 2.24. The van der Waals surface area contributed by atoms with Crippen molar-refractivity contribution in [3.05, 3.63) is 58.4 Å². The third-order valence-electron chi connectivity index (χ3n) is 3.28. The van der Waals surface area contributed by atoms with E-state index in [9.17, 15) is 9.59 Å². The van der Waals surface area contributed by atoms with E-state index in [2.05, 4.69) is 15.6 Å². The van der Waals surface area contributed by atoms with Crippen molar-refractivity contribution < 1.29 is 14.3 Å². The van der Waals surface area contributed by atoms with E-state index in [0.29, 0.717) is 29.4 Å². The number of pyridine rings is 1. The van der Waals surface area contributed by atoms with Crippen LogP contribution in [0.25, 0.3) is 0 Å². The van der Waals surface area contributed by atoms with E-state index in [0.717, 1.165) is 5.56 Å². The van der Waals surface area contributed by atoms with E-state index >= 15 is 0 Å². The number of aromatic nitrogens is 1. The van der Waals surface area contributed by atoms with Crippen LogP contribution in [0.15, 0.2) is 36.5 Å². The monoisotopic (exact) mass is 347 g/mol. The van der Waals surface area contributed by atoms with Crippen molar-refractivity contribution in [1.29, 1.82) is 0 Å². The Balaban J connectivity index is 2.09. The third kappa shape index (κ3) is 4.78. The minimum atomic E-state index is -0.357. The quantitative estimate of drug-likeness (QED) is 0.787. The van der Waals surface area contributed by atoms with Crippen LogP contribution in [0.1, 0.15) is 26.4 Å². The Morgan fingerprint density at radius 3 is 2.71 bits per heavy atom. The van der Waals surface area contributed by atoms with Crippen LogP contribution in [0, 0.1) is 6.92 Å². The van der Waals surface area contributed by atoms with E-state index in [-0.39, 0.29) is 17.5 Å². The number of benzene rings is 1. The normalized spacial score (nSPS) is 10.3. The molecule has 0 bridgehead atoms. The summed E-state index contributed by atoms with van der Waals surface area (Å²) in [6, 6.07) is 8.19. The summed E-state index contributed by atoms with van der Waals surface area (Å²) in [6.07, 6.45) is 1.43. The van der Waals surface area contributed by atoms with Gasteiger partial charge >= 0.3 is 0 Å². The lowest BCUT2D eigenvalue weighted by Crippen LogP contribution is -2.28. The molecule has 0 aliphatic carbocycles. The average Bonchev–Trinajstić information content (AvgIpc) is 2.57. The minimum absolute atomic E-state index is 0.173. The molecule has 126 valence electrons. The van der Waals surface area contributed by atoms with Gasteiger partial charge in [0.2, 0.25) is 0 Å². The van der Waals surface area contributed by atoms with Crippen LogP contribution >= 0.6 is 11.6 Å². The van der Waals surface area contributed by atoms with Crippen molar-refractivity contribution >= 4 is 29.1 Å². The molecule has 0 spiro atoms. The van der Waals surface area contributed by atoms with E-state index in [1.54, 1.807) is 31.4 Å². The third-order valence-corrected chi connectivity index (χ3v) is 3.52. The lowest BCUT2D eigenvalue weighted by Gasteiger charge is -2.09. The number of rotatable bonds is 6. The van der Waals surface area contributed by atoms with Gasteiger partial charge in [0.1, 0.15) is 5.69 Å². The van der Waals surface area contributed by atoms with Gasteiger partial charge in [0.05, 0.1) is 6.61 Å². The zero-order chi connectivity index (χ0) is 17.5. The number of ether oxygens (including phenoxy) is 1. The van der Waals surface area contributed by atoms with E-state index in [1.165, 1.54) is 12.3 Å². The van der Waals surface area contributed by atoms with Crippen LogP contribution in [-0.2, 0) is 4.74 Å². The summed E-state index contributed by atoms with van der Waals surface area (Å²) in [6.45, 7) is 2.63. The fourth-order valence-electron chi connectivity index (χ4n) is 2.01. The first-order chi connectivity index (χ1) is 11.5. The zero-order valence-electron chi connectivity index (χ0n) is 13.4. The molecule has 0 aliphatic heterocycles. The first-order valence-corrected chi connectivity index (χ1v) is 7.69. The number of carbonyl (C=O) groups is 2. The van der Waals surface area contributed by atoms with Gasteiger partial charge < -0.3 is 15.4 Å². The summed E-state index contributed by atoms with van der Waals surface area (Å²) in [5.74, 6) is -0.682. The minimum Gasteiger partial charge on any atom is -0.383 e. The SMILES string of the molecule is COCCNC(=O)c1cc(C(=O)Nc2ccc(Cl)cc2C)ccn1. The Kier molecular flexibility index (Phi) is 6.28. The highest BCUT2D eigenvalue weighted by Gasteiger charge is 2.12. The number of methoxy groups -OCH3 is 1. The Labute approximate surface area is 145 Å². The number of nitrogens with zero attached hydrogens (tertiary/aromatic N) is 1. The summed E-state index contributed by atoms with van der Waals surface area (Å²) in [5.41, 5.74) is 2.03. The largest absolute Gasteiger partial charge is 0.383 e. The lowest BCUT2D eigenvalue weighted by molar-refractivity contribution is 0.0932. The van der Waals surface area contributed by atoms with Gasteiger partial charge in [-0.25, -0.2) is 0 Å². The maximum absolute atomic E-state index is 12.4. The Bertz CT molecular complexity index is 750. The first-order valence-electron chi connectivity index (χ1n) is 7.32. The van der Waals surface area contributed by atoms with Crippen LogP contribution in [0.4, 0.5) is 5.69 Å². The van der Waals surface area contributed by atoms with Crippen molar-refractivity contribution in [2.75, 3.05) is 25.6 Å². The molecule has 1 aromatic heterocycles. The van der Waals surface area contributed by atoms with Gasteiger partial charge in [-0.1, -0.05) is 11.6 Å². The van der Waals surface area contributed by atoms with E-state index in [4.69, 9.17) is 16.3 Å². The molecule has 24 heavy (non-hydrogen) atoms. The summed E-state index contributed by atoms with van der Waals surface area (Å²) in [4.78, 5) is 28.3. The number of hydrogen-bond acceptors (Lipinski definition) is 4. The van der Waals surface area contributed by atoms with E-state index in [1.807, 2.05) is 6.92 Å². The highest BCUT2D eigenvalue weighted by molar-refractivity contribution is 6.30. The molecule has 0 saturated heterocycles. The molecule has 1 aromatic carbocycles. The average molecular weight is 348 g/mol. The number of carbonyl (C=O) groups excluding carboxylic acids is 2. The second-order valence-electron chi connectivity index (χ2n) is 5.09. The van der Waals surface area contributed by atoms with Gasteiger partial charge in [0.25, 0.3) is 11.8 Å². The van der Waals surface area contributed by atoms with Crippen molar-refractivity contribution in [3.8, 4) is 0 Å². The molecular formula is C17H18ClN3O3. The van der Waals surface area contributed by atoms with Crippen molar-refractivity contribution in [2.24, 2.45) is 0 Å². The topological polar surface area (TPSA) is 80.3 Å². The van der Waals surface area contributed by atoms with Crippen LogP contribution in [0.3, 0.4) is 0 Å². The summed E-state index contributed by atoms with van der Waals surface area (Å²) < 4.78 is 4.87. The van der Waals surface area contributed by atoms with Gasteiger partial charge in [-0.15, -0.1) is 0 Å². The molecule has 0 saturated carbocycles. The molecule has 1 heterocycles. The predicted octanol–water partition coefficient (Wildman–Crippen LogP) is 2.67. The number of anilines is 1. The standard InChI is InChI=1S/C17H18ClN3O3/c1-11-9-13(18)3-4-14(11)21-16(22)12-5-6-19-15(10-12)17(23)20-7-8-24-2/h3-6,9-10H,7-8H2,1-2H3,(H,20,23)(H,21,22). The number of hydrogen-bond donors (Lipinski definition) is 2. The van der Waals surface area contributed by atoms with Gasteiger partial charge in [-0.3, -0.25) is 14.6 Å². The van der Waals surface area contributed by atoms with Crippen LogP contribution in [0.2, 0.25) is 5.02 Å². The van der Waals surface area contributed by atoms with Gasteiger partial charge in [-0.2, -0.15) is 0 Å². The number of amides is 2. The number of nitrogens with one attached hydrogen (secondary N) is 2. The Morgan fingerprint density at radius 2 is 2.00 bits per heavy atom. The van der Waals surface area contributed by atoms with Gasteiger partial charge in [0.15, 0.2) is 0 Å². The number of aryl methyl sites for hydroxylation is 1. The van der Waals surface area contributed by atoms with Crippen LogP contribution in [-0.4, -0.2) is 37.1 Å². The molecule has 0 aliphatic rings. The Morgan fingerprint density at radius 1 is 1.21 bits per heavy atom. The molecule has 2 N–H and O–H groups in total. The summed E-state index contributed by atoms with van der Waals surface area (Å²) in [5, 5.41) is 6.05. The maximum atomic E-state index is 12.4. The molecule has 2 aromatic rings. The molecule has 6 nitrogen and oxygen atoms in total. The molecule has 0 fully saturated rings. The molecule has 2 amide bonds. The van der Waals surface area contributed by atoms with Gasteiger partial charge in [0, 0.05) is 36.1 Å². The van der Waals surface area contributed by atoms with E-state index < -0.39 is 0 Å². The van der Waals surface area contributed by atoms with Crippen molar-refractivity contribution in [1.82, 2.24) is 10.3 Å². The lowest BCUT2D eigenvalue weighted by atomic mass is 10.1. The first kappa shape index (κ1) is 17.9. The highest BCUT2D eigenvalue weighted by Crippen LogP contribution is 2.20. The molecular weight excluding hydrogens is 330 g/mol. The molecule has 0 atom stereocenters. The Hall–Kier alpha value is -2.44. The highest BCUT2D eigenvalue weighted by atomic mass is 35.5. The second-order valence-corrected chi connectivity index (χ2v) is 5.53. The molecule has 7 heteroatoms. The van der Waals surface area contributed by atoms with Crippen molar-refractivity contribution in [2.45, 2.75) is 6.92 Å². The molecule has 2 rings (SSSR count). The van der Waals surface area contributed by atoms with Crippen molar-refractivity contribution in [3.63, 3.8) is 0 Å². The predicted molar refractivity (Wildman–Crippen MR) is 92.6 cm³/mol. The molecule has 0 radical (unpaired) electrons. The van der Waals surface area contributed by atoms with Gasteiger partial charge in [-0.05, 0) is 42.8 Å². The summed E-state index contributed by atoms with van der Waals surface area (Å²) >= 11 is 5.90. The molecule has 0 unspecified atom stereocenters. The summed E-state index contributed by atoms with van der Waals surface area (Å²) in [7, 11) is 1.55. The zero-order valence-corrected chi connectivity index (χ0v) is 14.2. The van der Waals surface area contributed by atoms with Crippen LogP contribution < -0.4 is 10.6 Å². The maximum Gasteiger partial charge on any atom is 0.269 e. The fraction of sp³-hybridized carbons (Fsp3) is 0.235. The smallest absolute Gasteiger partial charge is 0.269 e. The number of halogens is 1. The second kappa shape index (κ2) is 8.42.